The van der Waals surface area contributed by atoms with Gasteiger partial charge in [0.2, 0.25) is 5.76 Å². The molecule has 0 aliphatic carbocycles. The Morgan fingerprint density at radius 1 is 1.11 bits per heavy atom. The van der Waals surface area contributed by atoms with Crippen molar-refractivity contribution in [2.45, 2.75) is 13.0 Å². The van der Waals surface area contributed by atoms with Gasteiger partial charge >= 0.3 is 5.97 Å². The first kappa shape index (κ1) is 22.1. The van der Waals surface area contributed by atoms with Crippen LogP contribution in [0.1, 0.15) is 45.0 Å². The van der Waals surface area contributed by atoms with Crippen molar-refractivity contribution in [1.82, 2.24) is 4.98 Å². The molecular formula is C27H17FN2O5S. The van der Waals surface area contributed by atoms with Crippen molar-refractivity contribution in [1.29, 1.82) is 0 Å². The highest BCUT2D eigenvalue weighted by Gasteiger charge is 2.45. The van der Waals surface area contributed by atoms with Crippen molar-refractivity contribution in [2.75, 3.05) is 11.5 Å². The first-order valence-electron chi connectivity index (χ1n) is 11.2. The lowest BCUT2D eigenvalue weighted by atomic mass is 9.98. The van der Waals surface area contributed by atoms with Crippen LogP contribution in [0.15, 0.2) is 75.9 Å². The smallest absolute Gasteiger partial charge is 0.338 e. The number of halogens is 1. The Kier molecular flexibility index (Phi) is 5.15. The lowest BCUT2D eigenvalue weighted by molar-refractivity contribution is 0.0526. The first-order chi connectivity index (χ1) is 17.5. The number of thiazole rings is 1. The average molecular weight is 501 g/mol. The highest BCUT2D eigenvalue weighted by atomic mass is 32.1. The number of anilines is 1. The van der Waals surface area contributed by atoms with Gasteiger partial charge < -0.3 is 9.15 Å². The quantitative estimate of drug-likeness (QED) is 0.304. The van der Waals surface area contributed by atoms with Gasteiger partial charge in [0, 0.05) is 0 Å². The van der Waals surface area contributed by atoms with Gasteiger partial charge in [-0.2, -0.15) is 0 Å². The molecule has 5 aromatic rings. The van der Waals surface area contributed by atoms with Gasteiger partial charge in [-0.15, -0.1) is 0 Å². The monoisotopic (exact) mass is 500 g/mol. The van der Waals surface area contributed by atoms with Crippen molar-refractivity contribution in [3.8, 4) is 0 Å². The molecule has 3 aromatic carbocycles. The molecule has 1 aliphatic heterocycles. The summed E-state index contributed by atoms with van der Waals surface area (Å²) >= 11 is 1.18. The number of rotatable bonds is 4. The van der Waals surface area contributed by atoms with Crippen LogP contribution in [0.25, 0.3) is 21.2 Å². The zero-order valence-electron chi connectivity index (χ0n) is 18.9. The van der Waals surface area contributed by atoms with Crippen LogP contribution in [0.4, 0.5) is 9.52 Å². The van der Waals surface area contributed by atoms with E-state index in [2.05, 4.69) is 4.98 Å². The van der Waals surface area contributed by atoms with Gasteiger partial charge in [-0.3, -0.25) is 14.5 Å². The molecule has 7 nitrogen and oxygen atoms in total. The first-order valence-corrected chi connectivity index (χ1v) is 12.0. The van der Waals surface area contributed by atoms with Crippen LogP contribution in [0, 0.1) is 5.82 Å². The number of hydrogen-bond acceptors (Lipinski definition) is 7. The maximum atomic E-state index is 14.3. The fourth-order valence-corrected chi connectivity index (χ4v) is 5.50. The summed E-state index contributed by atoms with van der Waals surface area (Å²) < 4.78 is 25.9. The fraction of sp³-hybridized carbons (Fsp3) is 0.111. The number of aromatic nitrogens is 1. The number of benzene rings is 3. The minimum absolute atomic E-state index is 0.0978. The lowest BCUT2D eigenvalue weighted by Gasteiger charge is -2.22. The Hall–Kier alpha value is -4.37. The summed E-state index contributed by atoms with van der Waals surface area (Å²) in [6, 6.07) is 16.4. The summed E-state index contributed by atoms with van der Waals surface area (Å²) in [6.07, 6.45) is 0. The molecule has 0 radical (unpaired) electrons. The molecule has 36 heavy (non-hydrogen) atoms. The molecule has 3 heterocycles. The number of hydrogen-bond donors (Lipinski definition) is 0. The lowest BCUT2D eigenvalue weighted by Crippen LogP contribution is -2.29. The van der Waals surface area contributed by atoms with Gasteiger partial charge in [-0.05, 0) is 55.0 Å². The topological polar surface area (TPSA) is 89.7 Å². The van der Waals surface area contributed by atoms with E-state index in [0.29, 0.717) is 31.9 Å². The third-order valence-corrected chi connectivity index (χ3v) is 7.05. The summed E-state index contributed by atoms with van der Waals surface area (Å²) in [4.78, 5) is 45.4. The maximum Gasteiger partial charge on any atom is 0.338 e. The third-order valence-electron chi connectivity index (χ3n) is 6.04. The number of fused-ring (bicyclic) bond motifs is 3. The molecule has 1 aliphatic rings. The third kappa shape index (κ3) is 3.39. The Morgan fingerprint density at radius 2 is 1.94 bits per heavy atom. The molecule has 0 fully saturated rings. The van der Waals surface area contributed by atoms with Crippen LogP contribution in [0.2, 0.25) is 0 Å². The van der Waals surface area contributed by atoms with Crippen LogP contribution in [-0.4, -0.2) is 23.5 Å². The number of ether oxygens (including phenoxy) is 1. The zero-order valence-corrected chi connectivity index (χ0v) is 19.7. The van der Waals surface area contributed by atoms with Gasteiger partial charge in [-0.1, -0.05) is 35.6 Å². The predicted molar refractivity (Wildman–Crippen MR) is 133 cm³/mol. The van der Waals surface area contributed by atoms with Crippen LogP contribution >= 0.6 is 11.3 Å². The summed E-state index contributed by atoms with van der Waals surface area (Å²) in [5.74, 6) is -1.61. The average Bonchev–Trinajstić information content (AvgIpc) is 3.42. The van der Waals surface area contributed by atoms with Gasteiger partial charge in [0.25, 0.3) is 5.91 Å². The van der Waals surface area contributed by atoms with Crippen molar-refractivity contribution in [3.63, 3.8) is 0 Å². The molecule has 9 heteroatoms. The molecule has 0 saturated heterocycles. The second-order valence-corrected chi connectivity index (χ2v) is 9.21. The number of esters is 1. The van der Waals surface area contributed by atoms with E-state index in [1.54, 1.807) is 55.5 Å². The van der Waals surface area contributed by atoms with Crippen molar-refractivity contribution in [3.05, 3.63) is 105 Å². The number of carbonyl (C=O) groups excluding carboxylic acids is 2. The number of carbonyl (C=O) groups is 2. The van der Waals surface area contributed by atoms with Gasteiger partial charge in [0.15, 0.2) is 10.6 Å². The molecule has 0 unspecified atom stereocenters. The van der Waals surface area contributed by atoms with Gasteiger partial charge in [0.1, 0.15) is 11.4 Å². The maximum absolute atomic E-state index is 14.3. The molecule has 2 aromatic heterocycles. The molecule has 1 atom stereocenters. The van der Waals surface area contributed by atoms with E-state index in [-0.39, 0.29) is 28.9 Å². The Labute approximate surface area is 207 Å². The van der Waals surface area contributed by atoms with E-state index in [0.717, 1.165) is 0 Å². The van der Waals surface area contributed by atoms with Gasteiger partial charge in [0.05, 0.1) is 39.4 Å². The Balaban J connectivity index is 1.56. The van der Waals surface area contributed by atoms with Crippen molar-refractivity contribution < 1.29 is 23.1 Å². The van der Waals surface area contributed by atoms with Crippen LogP contribution in [0.5, 0.6) is 0 Å². The van der Waals surface area contributed by atoms with Crippen molar-refractivity contribution >= 4 is 49.5 Å². The zero-order chi connectivity index (χ0) is 25.0. The Morgan fingerprint density at radius 3 is 2.75 bits per heavy atom. The van der Waals surface area contributed by atoms with Gasteiger partial charge in [-0.25, -0.2) is 14.2 Å². The highest BCUT2D eigenvalue weighted by Crippen LogP contribution is 2.43. The molecule has 0 spiro atoms. The summed E-state index contributed by atoms with van der Waals surface area (Å²) in [5.41, 5.74) is 1.40. The Bertz CT molecular complexity index is 1760. The summed E-state index contributed by atoms with van der Waals surface area (Å²) in [7, 11) is 0. The normalized spacial score (nSPS) is 15.0. The molecular weight excluding hydrogens is 483 g/mol. The van der Waals surface area contributed by atoms with E-state index >= 15 is 0 Å². The van der Waals surface area contributed by atoms with E-state index in [9.17, 15) is 18.8 Å². The molecule has 0 N–H and O–H groups in total. The number of nitrogens with zero attached hydrogens (tertiary/aromatic N) is 2. The largest absolute Gasteiger partial charge is 0.462 e. The number of para-hydroxylation sites is 1. The van der Waals surface area contributed by atoms with E-state index in [1.165, 1.54) is 34.4 Å². The number of amides is 1. The second-order valence-electron chi connectivity index (χ2n) is 8.20. The molecule has 1 amide bonds. The summed E-state index contributed by atoms with van der Waals surface area (Å²) in [5, 5.41) is 0.621. The minimum Gasteiger partial charge on any atom is -0.462 e. The molecule has 0 bridgehead atoms. The molecule has 6 rings (SSSR count). The predicted octanol–water partition coefficient (Wildman–Crippen LogP) is 5.47. The van der Waals surface area contributed by atoms with Crippen LogP contribution in [-0.2, 0) is 4.74 Å². The SMILES string of the molecule is CCOC(=O)c1ccc2nc(N3C(=O)c4oc5ccccc5c(=O)c4[C@H]3c3cccc(F)c3)sc2c1. The van der Waals surface area contributed by atoms with Crippen molar-refractivity contribution in [2.24, 2.45) is 0 Å². The summed E-state index contributed by atoms with van der Waals surface area (Å²) in [6.45, 7) is 1.97. The fourth-order valence-electron chi connectivity index (χ4n) is 4.47. The van der Waals surface area contributed by atoms with E-state index < -0.39 is 23.7 Å². The highest BCUT2D eigenvalue weighted by molar-refractivity contribution is 7.22. The van der Waals surface area contributed by atoms with E-state index in [1.807, 2.05) is 0 Å². The van der Waals surface area contributed by atoms with Crippen LogP contribution in [0.3, 0.4) is 0 Å². The minimum atomic E-state index is -0.936. The molecule has 178 valence electrons. The van der Waals surface area contributed by atoms with E-state index in [4.69, 9.17) is 9.15 Å². The molecule has 0 saturated carbocycles. The van der Waals surface area contributed by atoms with Crippen LogP contribution < -0.4 is 10.3 Å². The standard InChI is InChI=1S/C27H17FN2O5S/c1-2-34-26(33)15-10-11-18-20(13-15)36-27(29-18)30-22(14-6-5-7-16(28)12-14)21-23(31)17-8-3-4-9-19(17)35-24(21)25(30)32/h3-13,22H,2H2,1H3/t22-/m1/s1. The second kappa shape index (κ2) is 8.39.